The first-order chi connectivity index (χ1) is 9.12. The van der Waals surface area contributed by atoms with Gasteiger partial charge >= 0.3 is 0 Å². The van der Waals surface area contributed by atoms with Gasteiger partial charge in [-0.1, -0.05) is 6.07 Å². The first kappa shape index (κ1) is 11.5. The molecular formula is C16H21N3. The van der Waals surface area contributed by atoms with Gasteiger partial charge in [-0.3, -0.25) is 0 Å². The predicted molar refractivity (Wildman–Crippen MR) is 77.3 cm³/mol. The minimum atomic E-state index is 0.228. The van der Waals surface area contributed by atoms with Crippen LogP contribution in [0.2, 0.25) is 0 Å². The van der Waals surface area contributed by atoms with E-state index in [1.807, 2.05) is 0 Å². The molecule has 4 rings (SSSR count). The van der Waals surface area contributed by atoms with Crippen molar-refractivity contribution in [2.24, 2.45) is 5.73 Å². The topological polar surface area (TPSA) is 43.8 Å². The molecule has 2 aromatic rings. The summed E-state index contributed by atoms with van der Waals surface area (Å²) in [6.07, 6.45) is 5.05. The average molecular weight is 255 g/mol. The highest BCUT2D eigenvalue weighted by Gasteiger charge is 2.47. The Kier molecular flexibility index (Phi) is 2.17. The smallest absolute Gasteiger partial charge is 0.106 e. The number of benzene rings is 1. The van der Waals surface area contributed by atoms with E-state index in [0.717, 1.165) is 11.3 Å². The molecule has 0 radical (unpaired) electrons. The zero-order valence-corrected chi connectivity index (χ0v) is 11.7. The lowest BCUT2D eigenvalue weighted by Crippen LogP contribution is -2.31. The summed E-state index contributed by atoms with van der Waals surface area (Å²) in [5, 5.41) is 0. The van der Waals surface area contributed by atoms with Gasteiger partial charge in [-0.25, -0.2) is 4.98 Å². The van der Waals surface area contributed by atoms with Gasteiger partial charge in [0.05, 0.1) is 11.0 Å². The van der Waals surface area contributed by atoms with E-state index in [9.17, 15) is 0 Å². The molecule has 2 saturated carbocycles. The van der Waals surface area contributed by atoms with Crippen molar-refractivity contribution in [2.45, 2.75) is 57.0 Å². The summed E-state index contributed by atoms with van der Waals surface area (Å²) in [7, 11) is 0. The zero-order valence-electron chi connectivity index (χ0n) is 11.7. The van der Waals surface area contributed by atoms with Crippen LogP contribution in [0.3, 0.4) is 0 Å². The molecule has 3 heteroatoms. The first-order valence-electron chi connectivity index (χ1n) is 7.36. The number of imidazole rings is 1. The molecule has 0 bridgehead atoms. The zero-order chi connectivity index (χ0) is 13.2. The van der Waals surface area contributed by atoms with Crippen molar-refractivity contribution in [2.75, 3.05) is 0 Å². The van der Waals surface area contributed by atoms with Crippen LogP contribution in [-0.2, 0) is 5.41 Å². The maximum absolute atomic E-state index is 6.18. The molecule has 2 fully saturated rings. The third-order valence-electron chi connectivity index (χ3n) is 5.01. The number of aryl methyl sites for hydroxylation is 1. The Hall–Kier alpha value is -1.35. The molecule has 3 nitrogen and oxygen atoms in total. The Morgan fingerprint density at radius 3 is 2.68 bits per heavy atom. The van der Waals surface area contributed by atoms with E-state index < -0.39 is 0 Å². The van der Waals surface area contributed by atoms with Crippen molar-refractivity contribution < 1.29 is 0 Å². The quantitative estimate of drug-likeness (QED) is 0.916. The summed E-state index contributed by atoms with van der Waals surface area (Å²) in [6.45, 7) is 4.25. The van der Waals surface area contributed by atoms with Gasteiger partial charge in [-0.05, 0) is 57.2 Å². The summed E-state index contributed by atoms with van der Waals surface area (Å²) < 4.78 is 2.41. The van der Waals surface area contributed by atoms with E-state index in [-0.39, 0.29) is 11.5 Å². The van der Waals surface area contributed by atoms with Crippen molar-refractivity contribution in [3.63, 3.8) is 0 Å². The van der Waals surface area contributed by atoms with Crippen LogP contribution in [0.5, 0.6) is 0 Å². The fourth-order valence-corrected chi connectivity index (χ4v) is 3.46. The molecule has 19 heavy (non-hydrogen) atoms. The highest BCUT2D eigenvalue weighted by molar-refractivity contribution is 5.78. The van der Waals surface area contributed by atoms with Gasteiger partial charge in [0.25, 0.3) is 0 Å². The molecule has 1 heterocycles. The van der Waals surface area contributed by atoms with Crippen molar-refractivity contribution in [3.8, 4) is 0 Å². The van der Waals surface area contributed by atoms with E-state index in [0.29, 0.717) is 6.04 Å². The Morgan fingerprint density at radius 2 is 2.11 bits per heavy atom. The van der Waals surface area contributed by atoms with Crippen molar-refractivity contribution in [1.29, 1.82) is 0 Å². The van der Waals surface area contributed by atoms with Crippen molar-refractivity contribution in [1.82, 2.24) is 9.55 Å². The molecule has 2 aliphatic carbocycles. The standard InChI is InChI=1S/C16H21N3/c1-10(17)16(7-8-16)12-3-6-15-14(9-12)18-11(2)19(15)13-4-5-13/h3,6,9-10,13H,4-5,7-8,17H2,1-2H3. The molecule has 1 aromatic carbocycles. The molecule has 2 N–H and O–H groups in total. The number of fused-ring (bicyclic) bond motifs is 1. The lowest BCUT2D eigenvalue weighted by atomic mass is 9.89. The van der Waals surface area contributed by atoms with E-state index in [2.05, 4.69) is 36.6 Å². The van der Waals surface area contributed by atoms with Crippen LogP contribution in [0.25, 0.3) is 11.0 Å². The molecular weight excluding hydrogens is 234 g/mol. The van der Waals surface area contributed by atoms with Gasteiger partial charge in [0.2, 0.25) is 0 Å². The summed E-state index contributed by atoms with van der Waals surface area (Å²) >= 11 is 0. The van der Waals surface area contributed by atoms with E-state index >= 15 is 0 Å². The highest BCUT2D eigenvalue weighted by Crippen LogP contribution is 2.51. The fraction of sp³-hybridized carbons (Fsp3) is 0.562. The second-order valence-electron chi connectivity index (χ2n) is 6.41. The van der Waals surface area contributed by atoms with Gasteiger partial charge in [0, 0.05) is 17.5 Å². The minimum Gasteiger partial charge on any atom is -0.327 e. The lowest BCUT2D eigenvalue weighted by Gasteiger charge is -2.20. The van der Waals surface area contributed by atoms with Crippen LogP contribution >= 0.6 is 0 Å². The molecule has 0 spiro atoms. The minimum absolute atomic E-state index is 0.228. The lowest BCUT2D eigenvalue weighted by molar-refractivity contribution is 0.557. The number of nitrogens with zero attached hydrogens (tertiary/aromatic N) is 2. The summed E-state index contributed by atoms with van der Waals surface area (Å²) in [4.78, 5) is 4.76. The third kappa shape index (κ3) is 1.57. The first-order valence-corrected chi connectivity index (χ1v) is 7.36. The molecule has 0 amide bonds. The van der Waals surface area contributed by atoms with Crippen LogP contribution in [0.15, 0.2) is 18.2 Å². The van der Waals surface area contributed by atoms with Gasteiger partial charge in [-0.15, -0.1) is 0 Å². The summed E-state index contributed by atoms with van der Waals surface area (Å²) in [5.74, 6) is 1.15. The second kappa shape index (κ2) is 3.60. The number of rotatable bonds is 3. The maximum Gasteiger partial charge on any atom is 0.106 e. The SMILES string of the molecule is Cc1nc2cc(C3(C(C)N)CC3)ccc2n1C1CC1. The van der Waals surface area contributed by atoms with Gasteiger partial charge in [-0.2, -0.15) is 0 Å². The highest BCUT2D eigenvalue weighted by atomic mass is 15.1. The van der Waals surface area contributed by atoms with Gasteiger partial charge in [0.1, 0.15) is 5.82 Å². The van der Waals surface area contributed by atoms with Gasteiger partial charge < -0.3 is 10.3 Å². The van der Waals surface area contributed by atoms with Crippen LogP contribution in [0.1, 0.15) is 50.0 Å². The Bertz CT molecular complexity index is 645. The molecule has 1 unspecified atom stereocenters. The van der Waals surface area contributed by atoms with Gasteiger partial charge in [0.15, 0.2) is 0 Å². The molecule has 100 valence electrons. The number of nitrogens with two attached hydrogens (primary N) is 1. The maximum atomic E-state index is 6.18. The van der Waals surface area contributed by atoms with E-state index in [1.54, 1.807) is 0 Å². The number of aromatic nitrogens is 2. The Balaban J connectivity index is 1.85. The monoisotopic (exact) mass is 255 g/mol. The predicted octanol–water partition coefficient (Wildman–Crippen LogP) is 3.06. The van der Waals surface area contributed by atoms with Crippen LogP contribution < -0.4 is 5.73 Å². The summed E-state index contributed by atoms with van der Waals surface area (Å²) in [6, 6.07) is 7.73. The Morgan fingerprint density at radius 1 is 1.37 bits per heavy atom. The largest absolute Gasteiger partial charge is 0.327 e. The fourth-order valence-electron chi connectivity index (χ4n) is 3.46. The van der Waals surface area contributed by atoms with Crippen LogP contribution in [0.4, 0.5) is 0 Å². The molecule has 0 aliphatic heterocycles. The average Bonchev–Trinajstić information content (AvgIpc) is 3.24. The molecule has 0 saturated heterocycles. The van der Waals surface area contributed by atoms with Crippen LogP contribution in [-0.4, -0.2) is 15.6 Å². The van der Waals surface area contributed by atoms with Crippen molar-refractivity contribution in [3.05, 3.63) is 29.6 Å². The van der Waals surface area contributed by atoms with Crippen molar-refractivity contribution >= 4 is 11.0 Å². The second-order valence-corrected chi connectivity index (χ2v) is 6.41. The van der Waals surface area contributed by atoms with E-state index in [1.165, 1.54) is 36.8 Å². The molecule has 1 atom stereocenters. The molecule has 2 aliphatic rings. The number of hydrogen-bond donors (Lipinski definition) is 1. The normalized spacial score (nSPS) is 22.7. The molecule has 1 aromatic heterocycles. The van der Waals surface area contributed by atoms with Crippen LogP contribution in [0, 0.1) is 6.92 Å². The Labute approximate surface area is 113 Å². The van der Waals surface area contributed by atoms with E-state index in [4.69, 9.17) is 10.7 Å². The summed E-state index contributed by atoms with van der Waals surface area (Å²) in [5.41, 5.74) is 10.2. The third-order valence-corrected chi connectivity index (χ3v) is 5.01. The number of hydrogen-bond acceptors (Lipinski definition) is 2.